The lowest BCUT2D eigenvalue weighted by atomic mass is 10.0. The van der Waals surface area contributed by atoms with Crippen LogP contribution in [-0.2, 0) is 11.3 Å². The first-order valence-electron chi connectivity index (χ1n) is 11.1. The van der Waals surface area contributed by atoms with Crippen molar-refractivity contribution in [2.75, 3.05) is 11.1 Å². The first-order valence-corrected chi connectivity index (χ1v) is 12.1. The van der Waals surface area contributed by atoms with E-state index in [0.29, 0.717) is 23.1 Å². The van der Waals surface area contributed by atoms with E-state index in [9.17, 15) is 9.59 Å². The topological polar surface area (TPSA) is 88.9 Å². The zero-order chi connectivity index (χ0) is 24.0. The quantitative estimate of drug-likeness (QED) is 0.444. The van der Waals surface area contributed by atoms with Crippen molar-refractivity contribution < 1.29 is 9.59 Å². The van der Waals surface area contributed by atoms with Gasteiger partial charge >= 0.3 is 0 Å². The average Bonchev–Trinajstić information content (AvgIpc) is 3.19. The van der Waals surface area contributed by atoms with E-state index < -0.39 is 0 Å². The number of nitrogens with zero attached hydrogens (tertiary/aromatic N) is 3. The van der Waals surface area contributed by atoms with Crippen LogP contribution in [0.3, 0.4) is 0 Å². The summed E-state index contributed by atoms with van der Waals surface area (Å²) in [5.74, 6) is 0.768. The third kappa shape index (κ3) is 6.22. The summed E-state index contributed by atoms with van der Waals surface area (Å²) in [6.07, 6.45) is 0. The van der Waals surface area contributed by atoms with E-state index >= 15 is 0 Å². The van der Waals surface area contributed by atoms with E-state index in [4.69, 9.17) is 0 Å². The molecule has 0 radical (unpaired) electrons. The molecule has 8 heteroatoms. The molecule has 0 unspecified atom stereocenters. The van der Waals surface area contributed by atoms with Crippen molar-refractivity contribution in [2.24, 2.45) is 5.92 Å². The number of aromatic nitrogens is 3. The SMILES string of the molecule is CCn1c(SCC(=O)Nc2ccccc2C)nnc1[C@H](NC(=O)c1cccc(C)c1)C(C)C. The number of para-hydroxylation sites is 1. The highest BCUT2D eigenvalue weighted by atomic mass is 32.2. The van der Waals surface area contributed by atoms with E-state index in [2.05, 4.69) is 20.8 Å². The molecule has 0 saturated heterocycles. The van der Waals surface area contributed by atoms with Gasteiger partial charge in [0.25, 0.3) is 5.91 Å². The highest BCUT2D eigenvalue weighted by Gasteiger charge is 2.26. The maximum absolute atomic E-state index is 12.9. The Morgan fingerprint density at radius 1 is 1.06 bits per heavy atom. The largest absolute Gasteiger partial charge is 0.342 e. The molecule has 1 heterocycles. The Morgan fingerprint density at radius 2 is 1.82 bits per heavy atom. The molecular formula is C25H31N5O2S. The molecule has 0 saturated carbocycles. The lowest BCUT2D eigenvalue weighted by Gasteiger charge is -2.22. The molecular weight excluding hydrogens is 434 g/mol. The van der Waals surface area contributed by atoms with Crippen LogP contribution in [0.4, 0.5) is 5.69 Å². The summed E-state index contributed by atoms with van der Waals surface area (Å²) in [7, 11) is 0. The van der Waals surface area contributed by atoms with Crippen molar-refractivity contribution in [1.82, 2.24) is 20.1 Å². The first-order chi connectivity index (χ1) is 15.8. The third-order valence-electron chi connectivity index (χ3n) is 5.32. The van der Waals surface area contributed by atoms with Gasteiger partial charge in [-0.15, -0.1) is 10.2 Å². The van der Waals surface area contributed by atoms with Gasteiger partial charge in [-0.1, -0.05) is 61.5 Å². The van der Waals surface area contributed by atoms with Crippen LogP contribution in [-0.4, -0.2) is 32.3 Å². The molecule has 3 aromatic rings. The monoisotopic (exact) mass is 465 g/mol. The number of hydrogen-bond donors (Lipinski definition) is 2. The van der Waals surface area contributed by atoms with Crippen molar-refractivity contribution in [3.8, 4) is 0 Å². The van der Waals surface area contributed by atoms with Gasteiger partial charge in [-0.25, -0.2) is 0 Å². The van der Waals surface area contributed by atoms with Gasteiger partial charge in [-0.2, -0.15) is 0 Å². The van der Waals surface area contributed by atoms with Gasteiger partial charge in [-0.3, -0.25) is 9.59 Å². The number of aryl methyl sites for hydroxylation is 2. The molecule has 1 aromatic heterocycles. The van der Waals surface area contributed by atoms with E-state index in [-0.39, 0.29) is 29.5 Å². The van der Waals surface area contributed by atoms with Crippen LogP contribution >= 0.6 is 11.8 Å². The van der Waals surface area contributed by atoms with Gasteiger partial charge in [0.1, 0.15) is 0 Å². The summed E-state index contributed by atoms with van der Waals surface area (Å²) in [6.45, 7) is 10.6. The molecule has 2 N–H and O–H groups in total. The number of rotatable bonds is 9. The molecule has 7 nitrogen and oxygen atoms in total. The molecule has 33 heavy (non-hydrogen) atoms. The maximum atomic E-state index is 12.9. The third-order valence-corrected chi connectivity index (χ3v) is 6.29. The second-order valence-corrected chi connectivity index (χ2v) is 9.24. The Hall–Kier alpha value is -3.13. The van der Waals surface area contributed by atoms with E-state index in [1.54, 1.807) is 6.07 Å². The van der Waals surface area contributed by atoms with Gasteiger partial charge < -0.3 is 15.2 Å². The number of benzene rings is 2. The van der Waals surface area contributed by atoms with Crippen LogP contribution in [0.2, 0.25) is 0 Å². The number of thioether (sulfide) groups is 1. The minimum absolute atomic E-state index is 0.102. The zero-order valence-corrected chi connectivity index (χ0v) is 20.6. The molecule has 174 valence electrons. The van der Waals surface area contributed by atoms with Crippen LogP contribution in [0.15, 0.2) is 53.7 Å². The van der Waals surface area contributed by atoms with Crippen molar-refractivity contribution >= 4 is 29.3 Å². The molecule has 1 atom stereocenters. The fourth-order valence-electron chi connectivity index (χ4n) is 3.50. The number of carbonyl (C=O) groups is 2. The second-order valence-electron chi connectivity index (χ2n) is 8.30. The van der Waals surface area contributed by atoms with Crippen LogP contribution < -0.4 is 10.6 Å². The van der Waals surface area contributed by atoms with Crippen molar-refractivity contribution in [2.45, 2.75) is 52.4 Å². The standard InChI is InChI=1S/C25H31N5O2S/c1-6-30-23(22(16(2)3)27-24(32)19-12-9-10-17(4)14-19)28-29-25(30)33-15-21(31)26-20-13-8-7-11-18(20)5/h7-14,16,22H,6,15H2,1-5H3,(H,26,31)(H,27,32)/t22-/m1/s1. The number of amides is 2. The predicted molar refractivity (Wildman–Crippen MR) is 132 cm³/mol. The molecule has 0 aliphatic heterocycles. The predicted octanol–water partition coefficient (Wildman–Crippen LogP) is 4.77. The van der Waals surface area contributed by atoms with E-state index in [0.717, 1.165) is 16.8 Å². The molecule has 0 bridgehead atoms. The highest BCUT2D eigenvalue weighted by Crippen LogP contribution is 2.26. The summed E-state index contributed by atoms with van der Waals surface area (Å²) in [5.41, 5.74) is 3.47. The lowest BCUT2D eigenvalue weighted by Crippen LogP contribution is -2.33. The highest BCUT2D eigenvalue weighted by molar-refractivity contribution is 7.99. The average molecular weight is 466 g/mol. The molecule has 2 amide bonds. The summed E-state index contributed by atoms with van der Waals surface area (Å²) in [5, 5.41) is 15.4. The van der Waals surface area contributed by atoms with Gasteiger partial charge in [0.2, 0.25) is 5.91 Å². The zero-order valence-electron chi connectivity index (χ0n) is 19.8. The Balaban J connectivity index is 1.72. The number of carbonyl (C=O) groups excluding carboxylic acids is 2. The summed E-state index contributed by atoms with van der Waals surface area (Å²) < 4.78 is 1.97. The Kier molecular flexibility index (Phi) is 8.27. The molecule has 0 aliphatic carbocycles. The van der Waals surface area contributed by atoms with Crippen molar-refractivity contribution in [3.63, 3.8) is 0 Å². The van der Waals surface area contributed by atoms with Crippen molar-refractivity contribution in [3.05, 3.63) is 71.0 Å². The van der Waals surface area contributed by atoms with Gasteiger partial charge in [0, 0.05) is 17.8 Å². The van der Waals surface area contributed by atoms with Gasteiger partial charge in [-0.05, 0) is 50.5 Å². The number of nitrogens with one attached hydrogen (secondary N) is 2. The summed E-state index contributed by atoms with van der Waals surface area (Å²) in [6, 6.07) is 14.9. The molecule has 3 rings (SSSR count). The second kappa shape index (κ2) is 11.1. The molecule has 2 aromatic carbocycles. The summed E-state index contributed by atoms with van der Waals surface area (Å²) in [4.78, 5) is 25.4. The van der Waals surface area contributed by atoms with Crippen molar-refractivity contribution in [1.29, 1.82) is 0 Å². The maximum Gasteiger partial charge on any atom is 0.251 e. The minimum Gasteiger partial charge on any atom is -0.342 e. The van der Waals surface area contributed by atoms with Crippen LogP contribution in [0.25, 0.3) is 0 Å². The van der Waals surface area contributed by atoms with E-state index in [1.807, 2.05) is 81.7 Å². The Morgan fingerprint density at radius 3 is 2.48 bits per heavy atom. The Bertz CT molecular complexity index is 1130. The fourth-order valence-corrected chi connectivity index (χ4v) is 4.31. The molecule has 0 fully saturated rings. The normalized spacial score (nSPS) is 11.9. The molecule has 0 spiro atoms. The van der Waals surface area contributed by atoms with Crippen LogP contribution in [0, 0.1) is 19.8 Å². The van der Waals surface area contributed by atoms with Crippen LogP contribution in [0.5, 0.6) is 0 Å². The minimum atomic E-state index is -0.305. The first kappa shape index (κ1) is 24.5. The van der Waals surface area contributed by atoms with Gasteiger partial charge in [0.15, 0.2) is 11.0 Å². The smallest absolute Gasteiger partial charge is 0.251 e. The number of anilines is 1. The van der Waals surface area contributed by atoms with Gasteiger partial charge in [0.05, 0.1) is 11.8 Å². The molecule has 0 aliphatic rings. The fraction of sp³-hybridized carbons (Fsp3) is 0.360. The lowest BCUT2D eigenvalue weighted by molar-refractivity contribution is -0.113. The van der Waals surface area contributed by atoms with Crippen LogP contribution in [0.1, 0.15) is 54.1 Å². The Labute approximate surface area is 199 Å². The van der Waals surface area contributed by atoms with E-state index in [1.165, 1.54) is 11.8 Å². The number of hydrogen-bond acceptors (Lipinski definition) is 5. The summed E-state index contributed by atoms with van der Waals surface area (Å²) >= 11 is 1.34.